The molecule has 0 amide bonds. The zero-order valence-corrected chi connectivity index (χ0v) is 10.9. The van der Waals surface area contributed by atoms with Crippen LogP contribution in [0.5, 0.6) is 0 Å². The molecule has 7 heteroatoms. The summed E-state index contributed by atoms with van der Waals surface area (Å²) < 4.78 is 1.60. The molecular weight excluding hydrogens is 264 g/mol. The maximum absolute atomic E-state index is 11.2. The smallest absolute Gasteiger partial charge is 0.337 e. The van der Waals surface area contributed by atoms with Crippen LogP contribution in [0.3, 0.4) is 0 Å². The molecule has 6 nitrogen and oxygen atoms in total. The minimum atomic E-state index is -0.977. The molecule has 1 aromatic carbocycles. The van der Waals surface area contributed by atoms with Gasteiger partial charge in [-0.05, 0) is 19.1 Å². The summed E-state index contributed by atoms with van der Waals surface area (Å²) >= 11 is 1.56. The Morgan fingerprint density at radius 2 is 2.32 bits per heavy atom. The van der Waals surface area contributed by atoms with Gasteiger partial charge in [0.15, 0.2) is 0 Å². The number of hydrogen-bond acceptors (Lipinski definition) is 5. The normalized spacial score (nSPS) is 11.0. The fraction of sp³-hybridized carbons (Fsp3) is 0.167. The molecule has 0 radical (unpaired) electrons. The largest absolute Gasteiger partial charge is 0.478 e. The summed E-state index contributed by atoms with van der Waals surface area (Å²) in [5.74, 6) is -0.977. The van der Waals surface area contributed by atoms with Crippen molar-refractivity contribution in [1.82, 2.24) is 20.0 Å². The molecule has 0 aliphatic heterocycles. The Kier molecular flexibility index (Phi) is 2.75. The summed E-state index contributed by atoms with van der Waals surface area (Å²) in [6.07, 6.45) is 1.77. The van der Waals surface area contributed by atoms with Gasteiger partial charge in [0, 0.05) is 11.1 Å². The van der Waals surface area contributed by atoms with Crippen molar-refractivity contribution < 1.29 is 9.90 Å². The van der Waals surface area contributed by atoms with Crippen LogP contribution in [-0.2, 0) is 6.54 Å². The number of carboxylic acids is 1. The Labute approximate surface area is 112 Å². The number of nitrogens with zero attached hydrogens (tertiary/aromatic N) is 4. The molecule has 0 bridgehead atoms. The number of fused-ring (bicyclic) bond motifs is 1. The number of aryl methyl sites for hydroxylation is 1. The molecule has 0 saturated carbocycles. The van der Waals surface area contributed by atoms with E-state index in [1.807, 2.05) is 6.92 Å². The molecule has 0 aliphatic rings. The minimum absolute atomic E-state index is 0.212. The van der Waals surface area contributed by atoms with Crippen LogP contribution in [0.4, 0.5) is 0 Å². The van der Waals surface area contributed by atoms with Crippen LogP contribution in [0.1, 0.15) is 20.2 Å². The molecule has 1 N–H and O–H groups in total. The number of rotatable bonds is 3. The lowest BCUT2D eigenvalue weighted by Gasteiger charge is -2.02. The highest BCUT2D eigenvalue weighted by Crippen LogP contribution is 2.19. The first-order chi connectivity index (χ1) is 9.15. The van der Waals surface area contributed by atoms with E-state index >= 15 is 0 Å². The van der Waals surface area contributed by atoms with E-state index in [9.17, 15) is 9.90 Å². The number of aromatic carboxylic acids is 1. The Morgan fingerprint density at radius 1 is 1.47 bits per heavy atom. The summed E-state index contributed by atoms with van der Waals surface area (Å²) in [7, 11) is 0. The van der Waals surface area contributed by atoms with Gasteiger partial charge in [0.05, 0.1) is 17.1 Å². The van der Waals surface area contributed by atoms with Gasteiger partial charge in [-0.1, -0.05) is 11.3 Å². The molecule has 2 heterocycles. The monoisotopic (exact) mass is 274 g/mol. The second-order valence-corrected chi connectivity index (χ2v) is 5.39. The molecule has 0 atom stereocenters. The summed E-state index contributed by atoms with van der Waals surface area (Å²) in [5.41, 5.74) is 1.34. The van der Waals surface area contributed by atoms with Crippen LogP contribution in [0.2, 0.25) is 0 Å². The van der Waals surface area contributed by atoms with Gasteiger partial charge in [-0.25, -0.2) is 14.5 Å². The summed E-state index contributed by atoms with van der Waals surface area (Å²) in [6, 6.07) is 4.98. The number of para-hydroxylation sites is 1. The third-order valence-electron chi connectivity index (χ3n) is 2.74. The van der Waals surface area contributed by atoms with Gasteiger partial charge in [-0.2, -0.15) is 0 Å². The van der Waals surface area contributed by atoms with Crippen LogP contribution >= 0.6 is 11.3 Å². The van der Waals surface area contributed by atoms with Crippen LogP contribution in [0.15, 0.2) is 24.4 Å². The number of aromatic nitrogens is 4. The number of thiazole rings is 1. The lowest BCUT2D eigenvalue weighted by Crippen LogP contribution is -2.05. The second kappa shape index (κ2) is 4.43. The average Bonchev–Trinajstić information content (AvgIpc) is 2.97. The molecule has 0 fully saturated rings. The lowest BCUT2D eigenvalue weighted by atomic mass is 10.2. The van der Waals surface area contributed by atoms with Crippen molar-refractivity contribution in [2.75, 3.05) is 0 Å². The van der Waals surface area contributed by atoms with E-state index in [0.717, 1.165) is 9.88 Å². The lowest BCUT2D eigenvalue weighted by molar-refractivity contribution is 0.0698. The van der Waals surface area contributed by atoms with Crippen molar-refractivity contribution in [2.24, 2.45) is 0 Å². The third-order valence-corrected chi connectivity index (χ3v) is 3.64. The van der Waals surface area contributed by atoms with Gasteiger partial charge in [0.1, 0.15) is 11.0 Å². The van der Waals surface area contributed by atoms with Crippen LogP contribution in [0.25, 0.3) is 11.0 Å². The van der Waals surface area contributed by atoms with Crippen molar-refractivity contribution in [3.63, 3.8) is 0 Å². The molecule has 0 unspecified atom stereocenters. The van der Waals surface area contributed by atoms with E-state index in [-0.39, 0.29) is 5.56 Å². The van der Waals surface area contributed by atoms with Gasteiger partial charge in [0.2, 0.25) is 0 Å². The van der Waals surface area contributed by atoms with E-state index in [4.69, 9.17) is 0 Å². The first-order valence-corrected chi connectivity index (χ1v) is 6.43. The molecular formula is C12H10N4O2S. The maximum atomic E-state index is 11.2. The van der Waals surface area contributed by atoms with E-state index in [2.05, 4.69) is 15.3 Å². The molecule has 0 saturated heterocycles. The second-order valence-electron chi connectivity index (χ2n) is 4.07. The predicted molar refractivity (Wildman–Crippen MR) is 70.4 cm³/mol. The van der Waals surface area contributed by atoms with E-state index in [1.165, 1.54) is 0 Å². The summed E-state index contributed by atoms with van der Waals surface area (Å²) in [5, 5.41) is 18.2. The van der Waals surface area contributed by atoms with E-state index < -0.39 is 5.97 Å². The number of benzene rings is 1. The average molecular weight is 274 g/mol. The first-order valence-electron chi connectivity index (χ1n) is 5.62. The fourth-order valence-electron chi connectivity index (χ4n) is 1.94. The maximum Gasteiger partial charge on any atom is 0.337 e. The predicted octanol–water partition coefficient (Wildman–Crippen LogP) is 1.94. The minimum Gasteiger partial charge on any atom is -0.478 e. The van der Waals surface area contributed by atoms with Crippen LogP contribution in [0, 0.1) is 6.92 Å². The fourth-order valence-corrected chi connectivity index (χ4v) is 2.72. The van der Waals surface area contributed by atoms with Crippen molar-refractivity contribution in [2.45, 2.75) is 13.5 Å². The highest BCUT2D eigenvalue weighted by molar-refractivity contribution is 7.11. The van der Waals surface area contributed by atoms with Crippen molar-refractivity contribution in [3.05, 3.63) is 39.8 Å². The van der Waals surface area contributed by atoms with Crippen molar-refractivity contribution in [1.29, 1.82) is 0 Å². The zero-order valence-electron chi connectivity index (χ0n) is 10.1. The van der Waals surface area contributed by atoms with Gasteiger partial charge in [-0.3, -0.25) is 0 Å². The Morgan fingerprint density at radius 3 is 3.00 bits per heavy atom. The van der Waals surface area contributed by atoms with Crippen molar-refractivity contribution in [3.8, 4) is 0 Å². The molecule has 0 spiro atoms. The highest BCUT2D eigenvalue weighted by atomic mass is 32.1. The van der Waals surface area contributed by atoms with Gasteiger partial charge in [0.25, 0.3) is 0 Å². The standard InChI is InChI=1S/C12H10N4O2S/c1-7-13-5-8(19-7)6-16-11-9(12(17)18)3-2-4-10(11)14-15-16/h2-5H,6H2,1H3,(H,17,18). The molecule has 2 aromatic heterocycles. The summed E-state index contributed by atoms with van der Waals surface area (Å²) in [4.78, 5) is 16.4. The van der Waals surface area contributed by atoms with Gasteiger partial charge < -0.3 is 5.11 Å². The topological polar surface area (TPSA) is 80.9 Å². The van der Waals surface area contributed by atoms with Crippen molar-refractivity contribution >= 4 is 28.3 Å². The number of carbonyl (C=O) groups is 1. The highest BCUT2D eigenvalue weighted by Gasteiger charge is 2.15. The van der Waals surface area contributed by atoms with Gasteiger partial charge >= 0.3 is 5.97 Å². The third kappa shape index (κ3) is 2.08. The van der Waals surface area contributed by atoms with Crippen LogP contribution in [-0.4, -0.2) is 31.1 Å². The number of hydrogen-bond donors (Lipinski definition) is 1. The zero-order chi connectivity index (χ0) is 13.4. The Bertz CT molecular complexity index is 762. The molecule has 19 heavy (non-hydrogen) atoms. The van der Waals surface area contributed by atoms with E-state index in [0.29, 0.717) is 17.6 Å². The van der Waals surface area contributed by atoms with Gasteiger partial charge in [-0.15, -0.1) is 16.4 Å². The molecule has 96 valence electrons. The number of carboxylic acid groups (broad SMARTS) is 1. The van der Waals surface area contributed by atoms with E-state index in [1.54, 1.807) is 40.4 Å². The first kappa shape index (κ1) is 11.8. The Hall–Kier alpha value is -2.28. The summed E-state index contributed by atoms with van der Waals surface area (Å²) in [6.45, 7) is 2.41. The molecule has 3 aromatic rings. The Balaban J connectivity index is 2.11. The molecule has 0 aliphatic carbocycles. The van der Waals surface area contributed by atoms with Crippen LogP contribution < -0.4 is 0 Å². The SMILES string of the molecule is Cc1ncc(Cn2nnc3cccc(C(=O)O)c32)s1. The quantitative estimate of drug-likeness (QED) is 0.789. The molecule has 3 rings (SSSR count).